The second-order valence-electron chi connectivity index (χ2n) is 29.0. The number of halogens is 3. The molecule has 1 heterocycles. The summed E-state index contributed by atoms with van der Waals surface area (Å²) in [6.07, 6.45) is 4.01. The van der Waals surface area contributed by atoms with Crippen LogP contribution in [-0.2, 0) is 115 Å². The Morgan fingerprint density at radius 1 is 0.490 bits per heavy atom. The molecule has 0 saturated carbocycles. The maximum atomic E-state index is 14.2. The number of methoxy groups -OCH3 is 4. The van der Waals surface area contributed by atoms with Gasteiger partial charge in [0.15, 0.2) is 0 Å². The Hall–Kier alpha value is -11.0. The van der Waals surface area contributed by atoms with Crippen LogP contribution in [0.5, 0.6) is 0 Å². The van der Waals surface area contributed by atoms with E-state index in [2.05, 4.69) is 60.3 Å². The number of aliphatic hydroxyl groups excluding tert-OH is 2. The van der Waals surface area contributed by atoms with E-state index in [0.717, 1.165) is 65.4 Å². The molecule has 9 rings (SSSR count). The van der Waals surface area contributed by atoms with Gasteiger partial charge in [0.2, 0.25) is 41.9 Å². The molecule has 1 aliphatic heterocycles. The number of hydrogen-bond acceptors (Lipinski definition) is 37. The molecular formula is C90H129BBrCl2N17NaO30S3. The number of nitrogens with two attached hydrogens (primary N) is 5. The first-order chi connectivity index (χ1) is 67.2. The molecule has 1 aliphatic rings. The van der Waals surface area contributed by atoms with Crippen LogP contribution in [0.3, 0.4) is 0 Å². The SMILES string of the molecule is C1CCOC1.CCO.CC[O-].CO.COC(=O)C(N)Cc1ccc([N+](=O)[O-])cc1.COC(=O)CBr.COC(=O)CNC(Cc1ccc([N+](=O)[O-])cc1)C(=O)OC.Cc1ccc(S(=O)(=O)NCCN(C(CNS(=O)(=O)c2ccc(C)cc2)Cc2ccc([N+](=O)[O-])cc2)S(=O)(=O)c2ccc(C)cc2)cc1.ClCCl.N.NC(=O)CNC(Cc1ccc([N+](=O)[O-])cc1)C(N)=O.NCCNC(CN)Cc1ccc([N+](=O)[O-])cc1.[B].[Na+]. The topological polar surface area (TPSA) is 759 Å². The summed E-state index contributed by atoms with van der Waals surface area (Å²) in [4.78, 5) is 116. The summed E-state index contributed by atoms with van der Waals surface area (Å²) in [5.74, 6) is -3.01. The largest absolute Gasteiger partial charge is 1.00 e. The molecule has 8 aromatic carbocycles. The molecule has 55 heteroatoms. The zero-order valence-corrected chi connectivity index (χ0v) is 89.8. The van der Waals surface area contributed by atoms with E-state index in [1.807, 2.05) is 13.8 Å². The quantitative estimate of drug-likeness (QED) is 0.00654. The van der Waals surface area contributed by atoms with Crippen LogP contribution in [-0.4, -0.2) is 264 Å². The van der Waals surface area contributed by atoms with Gasteiger partial charge in [-0.05, 0) is 137 Å². The number of primary amides is 2. The second kappa shape index (κ2) is 81.1. The number of sulfonamides is 3. The summed E-state index contributed by atoms with van der Waals surface area (Å²) in [5.41, 5.74) is 32.8. The number of nitrogens with zero attached hydrogens (tertiary/aromatic N) is 6. The molecule has 0 bridgehead atoms. The molecule has 797 valence electrons. The number of amides is 2. The van der Waals surface area contributed by atoms with Crippen LogP contribution in [0, 0.1) is 71.3 Å². The van der Waals surface area contributed by atoms with E-state index < -0.39 is 109 Å². The average Bonchev–Trinajstić information content (AvgIpc) is 0.969. The summed E-state index contributed by atoms with van der Waals surface area (Å²) in [6, 6.07) is 44.7. The van der Waals surface area contributed by atoms with Gasteiger partial charge in [-0.1, -0.05) is 137 Å². The molecule has 0 aromatic heterocycles. The first-order valence-corrected chi connectivity index (χ1v) is 49.3. The predicted octanol–water partition coefficient (Wildman–Crippen LogP) is 2.77. The van der Waals surface area contributed by atoms with Crippen molar-refractivity contribution in [1.82, 2.24) is 35.9 Å². The van der Waals surface area contributed by atoms with Gasteiger partial charge in [0.25, 0.3) is 28.4 Å². The number of nitro benzene ring substituents is 5. The minimum absolute atomic E-state index is 0. The Kier molecular flexibility index (Phi) is 79.7. The summed E-state index contributed by atoms with van der Waals surface area (Å²) in [5, 5.41) is 85.7. The van der Waals surface area contributed by atoms with Gasteiger partial charge in [0.1, 0.15) is 17.4 Å². The fourth-order valence-corrected chi connectivity index (χ4v) is 15.2. The minimum Gasteiger partial charge on any atom is -0.855 e. The molecule has 0 spiro atoms. The number of carbonyl (C=O) groups is 6. The number of non-ortho nitro benzene ring substituents is 5. The van der Waals surface area contributed by atoms with Gasteiger partial charge in [-0.25, -0.2) is 34.7 Å². The zero-order valence-electron chi connectivity index (χ0n) is 82.2. The van der Waals surface area contributed by atoms with Gasteiger partial charge in [-0.15, -0.1) is 29.8 Å². The van der Waals surface area contributed by atoms with Crippen molar-refractivity contribution in [3.8, 4) is 0 Å². The molecule has 1 saturated heterocycles. The van der Waals surface area contributed by atoms with Gasteiger partial charge >= 0.3 is 53.4 Å². The standard InChI is InChI=1S/C32H36N4O8S3.C13H16N2O6.C11H14N4O4.C11H18N4O2.C10H12N2O4.C4H8O.C3H5BrO2.C2H6O.C2H5O.CH2Cl2.CH4O.B.H3N.Na/c1-24-4-14-30(15-5-24)45(39,40)33-20-21-35(47(43,44)32-18-8-26(3)9-19-32)29(22-27-10-12-28(13-11-27)36(37)38)23-34-46(41,42)31-16-6-25(2)7-17-31;1-20-12(16)8-14-11(13(17)21-2)7-9-3-5-10(6-4-9)15(18)19;12-10(16)6-14-9(11(13)17)5-7-1-3-8(4-2-7)15(18)19;12-5-6-14-10(8-13)7-9-1-3-11(4-2-9)15(16)17;1-16-10(13)9(11)6-7-2-4-8(5-3-7)12(14)15;1-2-4-5-3-1;1-6-3(5)2-4;2*1-2-3;2-1-3;1-2;;;/h4-19,29,33-34H,20-23H2,1-3H3;3-6,11,14H,7-8H2,1-2H3;1-4,9,14H,5-6H2,(H2,12,16)(H2,13,17);1-4,10,14H,5-8,12-13H2;2-5,9H,6,11H2,1H3;1-4H2;2H2,1H3;3H,2H2,1H3;2H2,1H3;1H2;2H,1H3;;1H3;/q;;;;;;;;-1;;;;;+1. The van der Waals surface area contributed by atoms with Crippen LogP contribution in [0.1, 0.15) is 71.2 Å². The van der Waals surface area contributed by atoms with Crippen molar-refractivity contribution in [1.29, 1.82) is 0 Å². The third-order valence-corrected chi connectivity index (χ3v) is 23.8. The summed E-state index contributed by atoms with van der Waals surface area (Å²) < 4.78 is 110. The fraction of sp³-hybridized carbons (Fsp3) is 0.400. The van der Waals surface area contributed by atoms with Crippen LogP contribution < -0.4 is 94.9 Å². The Morgan fingerprint density at radius 2 is 0.807 bits per heavy atom. The molecule has 47 nitrogen and oxygen atoms in total. The fourth-order valence-electron chi connectivity index (χ4n) is 11.3. The zero-order chi connectivity index (χ0) is 108. The maximum absolute atomic E-state index is 14.2. The smallest absolute Gasteiger partial charge is 0.855 e. The van der Waals surface area contributed by atoms with Crippen LogP contribution in [0.2, 0.25) is 0 Å². The number of rotatable bonds is 41. The molecule has 2 amide bonds. The molecule has 0 aliphatic carbocycles. The van der Waals surface area contributed by atoms with Gasteiger partial charge in [0.05, 0.1) is 92.2 Å². The van der Waals surface area contributed by atoms with Gasteiger partial charge in [0, 0.05) is 147 Å². The van der Waals surface area contributed by atoms with E-state index in [1.54, 1.807) is 93.6 Å². The van der Waals surface area contributed by atoms with Crippen LogP contribution in [0.4, 0.5) is 28.4 Å². The maximum Gasteiger partial charge on any atom is 1.00 e. The van der Waals surface area contributed by atoms with Gasteiger partial charge in [-0.3, -0.25) is 90.0 Å². The summed E-state index contributed by atoms with van der Waals surface area (Å²) >= 11 is 12.4. The number of hydrogen-bond donors (Lipinski definition) is 13. The number of nitrogens with one attached hydrogen (secondary N) is 5. The number of nitro groups is 5. The molecule has 145 heavy (non-hydrogen) atoms. The van der Waals surface area contributed by atoms with Crippen molar-refractivity contribution in [2.24, 2.45) is 28.7 Å². The molecular weight excluding hydrogens is 2080 g/mol. The van der Waals surface area contributed by atoms with E-state index in [-0.39, 0.29) is 175 Å². The molecule has 5 atom stereocenters. The third kappa shape index (κ3) is 61.3. The monoisotopic (exact) mass is 2210 g/mol. The number of ether oxygens (including phenoxy) is 5. The number of esters is 4. The van der Waals surface area contributed by atoms with E-state index in [4.69, 9.17) is 71.9 Å². The van der Waals surface area contributed by atoms with Crippen molar-refractivity contribution in [3.63, 3.8) is 0 Å². The number of carbonyl (C=O) groups excluding carboxylic acids is 6. The van der Waals surface area contributed by atoms with E-state index in [0.29, 0.717) is 36.2 Å². The number of aliphatic hydroxyl groups is 2. The van der Waals surface area contributed by atoms with Crippen molar-refractivity contribution in [2.75, 3.05) is 125 Å². The molecule has 8 aromatic rings. The number of aryl methyl sites for hydroxylation is 3. The normalized spacial score (nSPS) is 11.8. The number of benzene rings is 8. The van der Waals surface area contributed by atoms with E-state index in [1.165, 1.54) is 163 Å². The van der Waals surface area contributed by atoms with Crippen molar-refractivity contribution in [3.05, 3.63) is 289 Å². The van der Waals surface area contributed by atoms with Crippen LogP contribution in [0.25, 0.3) is 0 Å². The summed E-state index contributed by atoms with van der Waals surface area (Å²) in [7, 11) is -6.33. The van der Waals surface area contributed by atoms with Gasteiger partial charge in [-0.2, -0.15) is 4.31 Å². The molecule has 1 fully saturated rings. The molecule has 5 unspecified atom stereocenters. The first-order valence-electron chi connectivity index (χ1n) is 42.7. The molecule has 3 radical (unpaired) electrons. The van der Waals surface area contributed by atoms with Crippen molar-refractivity contribution >= 4 is 142 Å². The first kappa shape index (κ1) is 142. The van der Waals surface area contributed by atoms with Crippen LogP contribution >= 0.6 is 39.1 Å². The van der Waals surface area contributed by atoms with E-state index >= 15 is 0 Å². The second-order valence-corrected chi connectivity index (χ2v) is 35.8. The van der Waals surface area contributed by atoms with Gasteiger partial charge < -0.3 is 79.1 Å². The molecule has 20 N–H and O–H groups in total. The minimum atomic E-state index is -4.33. The average molecular weight is 2210 g/mol. The third-order valence-electron chi connectivity index (χ3n) is 18.5. The Bertz CT molecular complexity index is 5420. The Morgan fingerprint density at radius 3 is 1.10 bits per heavy atom. The predicted molar refractivity (Wildman–Crippen MR) is 546 cm³/mol. The number of alkyl halides is 3. The van der Waals surface area contributed by atoms with Crippen molar-refractivity contribution in [2.45, 2.75) is 124 Å². The Balaban J connectivity index is -0.000000564. The van der Waals surface area contributed by atoms with E-state index in [9.17, 15) is 105 Å². The summed E-state index contributed by atoms with van der Waals surface area (Å²) in [6.45, 7) is 11.3. The Labute approximate surface area is 885 Å². The van der Waals surface area contributed by atoms with Crippen LogP contribution in [0.15, 0.2) is 209 Å². The van der Waals surface area contributed by atoms with Crippen molar-refractivity contribution < 1.29 is 147 Å².